The molecular weight excluding hydrogens is 344 g/mol. The molecule has 114 valence electrons. The number of carbonyl (C=O) groups is 1. The Bertz CT molecular complexity index is 571. The van der Waals surface area contributed by atoms with Gasteiger partial charge < -0.3 is 0 Å². The van der Waals surface area contributed by atoms with E-state index in [9.17, 15) is 13.6 Å². The largest absolute Gasteiger partial charge is 0.272 e. The van der Waals surface area contributed by atoms with Gasteiger partial charge in [0.25, 0.3) is 12.3 Å². The van der Waals surface area contributed by atoms with Crippen LogP contribution >= 0.6 is 15.9 Å². The lowest BCUT2D eigenvalue weighted by molar-refractivity contribution is -0.148. The number of pyridine rings is 1. The van der Waals surface area contributed by atoms with Crippen molar-refractivity contribution in [2.24, 2.45) is 5.41 Å². The second-order valence-electron chi connectivity index (χ2n) is 5.59. The maximum absolute atomic E-state index is 13.5. The maximum Gasteiger partial charge on any atom is 0.254 e. The number of hydrogen-bond donors (Lipinski definition) is 0. The summed E-state index contributed by atoms with van der Waals surface area (Å²) in [5, 5.41) is 3.29. The van der Waals surface area contributed by atoms with E-state index >= 15 is 0 Å². The molecule has 1 amide bonds. The summed E-state index contributed by atoms with van der Waals surface area (Å²) in [6.07, 6.45) is 1.62. The Kier molecular flexibility index (Phi) is 3.73. The summed E-state index contributed by atoms with van der Waals surface area (Å²) >= 11 is 3.36. The van der Waals surface area contributed by atoms with Crippen LogP contribution in [0.3, 0.4) is 0 Å². The average molecular weight is 360 g/mol. The number of amides is 1. The molecule has 2 saturated heterocycles. The summed E-state index contributed by atoms with van der Waals surface area (Å²) in [6, 6.07) is 1.69. The number of alkyl halides is 2. The zero-order valence-electron chi connectivity index (χ0n) is 11.6. The molecule has 3 rings (SSSR count). The fraction of sp³-hybridized carbons (Fsp3) is 0.571. The van der Waals surface area contributed by atoms with Gasteiger partial charge in [-0.15, -0.1) is 0 Å². The third kappa shape index (κ3) is 2.17. The zero-order chi connectivity index (χ0) is 15.2. The molecule has 2 fully saturated rings. The van der Waals surface area contributed by atoms with Gasteiger partial charge in [0, 0.05) is 30.0 Å². The van der Waals surface area contributed by atoms with Crippen molar-refractivity contribution < 1.29 is 13.6 Å². The second kappa shape index (κ2) is 5.28. The van der Waals surface area contributed by atoms with Crippen molar-refractivity contribution in [3.05, 3.63) is 28.5 Å². The van der Waals surface area contributed by atoms with Gasteiger partial charge in [-0.1, -0.05) is 6.92 Å². The number of rotatable bonds is 3. The van der Waals surface area contributed by atoms with Crippen molar-refractivity contribution in [1.82, 2.24) is 15.0 Å². The first kappa shape index (κ1) is 14.8. The third-order valence-electron chi connectivity index (χ3n) is 4.52. The minimum absolute atomic E-state index is 0.109. The molecule has 0 unspecified atom stereocenters. The van der Waals surface area contributed by atoms with Crippen molar-refractivity contribution in [2.45, 2.75) is 32.2 Å². The molecule has 0 radical (unpaired) electrons. The van der Waals surface area contributed by atoms with Crippen LogP contribution in [0.2, 0.25) is 0 Å². The van der Waals surface area contributed by atoms with Crippen LogP contribution in [0.25, 0.3) is 0 Å². The van der Waals surface area contributed by atoms with Gasteiger partial charge in [-0.05, 0) is 40.4 Å². The summed E-state index contributed by atoms with van der Waals surface area (Å²) in [7, 11) is 0. The van der Waals surface area contributed by atoms with Crippen LogP contribution < -0.4 is 0 Å². The van der Waals surface area contributed by atoms with E-state index in [2.05, 4.69) is 20.9 Å². The molecule has 4 nitrogen and oxygen atoms in total. The Labute approximate surface area is 130 Å². The number of hydrogen-bond acceptors (Lipinski definition) is 3. The monoisotopic (exact) mass is 359 g/mol. The van der Waals surface area contributed by atoms with E-state index in [4.69, 9.17) is 0 Å². The first-order chi connectivity index (χ1) is 9.99. The molecule has 0 spiro atoms. The predicted molar refractivity (Wildman–Crippen MR) is 76.4 cm³/mol. The van der Waals surface area contributed by atoms with E-state index in [1.807, 2.05) is 6.07 Å². The molecule has 3 heterocycles. The minimum atomic E-state index is -2.64. The molecule has 1 aromatic heterocycles. The summed E-state index contributed by atoms with van der Waals surface area (Å²) in [5.74, 6) is -0.456. The van der Waals surface area contributed by atoms with Crippen LogP contribution in [0, 0.1) is 5.41 Å². The van der Waals surface area contributed by atoms with Crippen LogP contribution in [0.1, 0.15) is 31.4 Å². The number of aromatic nitrogens is 1. The fourth-order valence-corrected chi connectivity index (χ4v) is 3.63. The molecule has 0 bridgehead atoms. The molecule has 2 aliphatic heterocycles. The molecule has 0 aromatic carbocycles. The molecule has 0 aliphatic carbocycles. The predicted octanol–water partition coefficient (Wildman–Crippen LogP) is 3.01. The van der Waals surface area contributed by atoms with Crippen LogP contribution in [0.15, 0.2) is 22.9 Å². The van der Waals surface area contributed by atoms with Gasteiger partial charge in [-0.2, -0.15) is 0 Å². The van der Waals surface area contributed by atoms with Crippen molar-refractivity contribution in [3.63, 3.8) is 0 Å². The SMILES string of the molecule is CC[C@]1(C(F)F)CN2CC[C@@H](c3cncc(Br)c3)N2C1=O. The van der Waals surface area contributed by atoms with E-state index in [0.29, 0.717) is 6.54 Å². The smallest absolute Gasteiger partial charge is 0.254 e. The van der Waals surface area contributed by atoms with Gasteiger partial charge in [-0.3, -0.25) is 14.8 Å². The Morgan fingerprint density at radius 3 is 2.90 bits per heavy atom. The van der Waals surface area contributed by atoms with Crippen molar-refractivity contribution >= 4 is 21.8 Å². The number of hydrazine groups is 1. The van der Waals surface area contributed by atoms with Gasteiger partial charge in [0.2, 0.25) is 0 Å². The minimum Gasteiger partial charge on any atom is -0.272 e. The Balaban J connectivity index is 1.94. The quantitative estimate of drug-likeness (QED) is 0.832. The Morgan fingerprint density at radius 1 is 1.52 bits per heavy atom. The van der Waals surface area contributed by atoms with Gasteiger partial charge in [0.05, 0.1) is 6.04 Å². The summed E-state index contributed by atoms with van der Waals surface area (Å²) in [4.78, 5) is 16.7. The lowest BCUT2D eigenvalue weighted by Crippen LogP contribution is -2.41. The van der Waals surface area contributed by atoms with Crippen molar-refractivity contribution in [2.75, 3.05) is 13.1 Å². The Morgan fingerprint density at radius 2 is 2.29 bits per heavy atom. The van der Waals surface area contributed by atoms with E-state index in [1.165, 1.54) is 5.01 Å². The average Bonchev–Trinajstić information content (AvgIpc) is 2.98. The lowest BCUT2D eigenvalue weighted by Gasteiger charge is -2.27. The highest BCUT2D eigenvalue weighted by atomic mass is 79.9. The number of nitrogens with zero attached hydrogens (tertiary/aromatic N) is 3. The van der Waals surface area contributed by atoms with E-state index < -0.39 is 17.7 Å². The second-order valence-corrected chi connectivity index (χ2v) is 6.50. The van der Waals surface area contributed by atoms with Gasteiger partial charge in [0.1, 0.15) is 5.41 Å². The first-order valence-electron chi connectivity index (χ1n) is 6.96. The summed E-state index contributed by atoms with van der Waals surface area (Å²) < 4.78 is 27.7. The molecule has 0 N–H and O–H groups in total. The fourth-order valence-electron chi connectivity index (χ4n) is 3.24. The molecule has 1 aromatic rings. The van der Waals surface area contributed by atoms with Crippen molar-refractivity contribution in [3.8, 4) is 0 Å². The molecule has 0 saturated carbocycles. The highest BCUT2D eigenvalue weighted by Crippen LogP contribution is 2.46. The lowest BCUT2D eigenvalue weighted by atomic mass is 9.84. The molecule has 21 heavy (non-hydrogen) atoms. The zero-order valence-corrected chi connectivity index (χ0v) is 13.2. The number of halogens is 3. The molecule has 2 aliphatic rings. The maximum atomic E-state index is 13.5. The summed E-state index contributed by atoms with van der Waals surface area (Å²) in [5.41, 5.74) is -0.681. The Hall–Kier alpha value is -1.08. The highest BCUT2D eigenvalue weighted by molar-refractivity contribution is 9.10. The topological polar surface area (TPSA) is 36.4 Å². The standard InChI is InChI=1S/C14H16BrF2N3O/c1-2-14(12(16)17)8-19-4-3-11(20(19)13(14)21)9-5-10(15)7-18-6-9/h5-7,11-12H,2-4,8H2,1H3/t11-,14+/m0/s1. The van der Waals surface area contributed by atoms with Crippen LogP contribution in [-0.4, -0.2) is 40.4 Å². The molecule has 2 atom stereocenters. The van der Waals surface area contributed by atoms with Crippen LogP contribution in [0.4, 0.5) is 8.78 Å². The van der Waals surface area contributed by atoms with Gasteiger partial charge in [-0.25, -0.2) is 13.8 Å². The van der Waals surface area contributed by atoms with E-state index in [-0.39, 0.29) is 19.0 Å². The van der Waals surface area contributed by atoms with Crippen LogP contribution in [-0.2, 0) is 4.79 Å². The number of fused-ring (bicyclic) bond motifs is 1. The van der Waals surface area contributed by atoms with E-state index in [1.54, 1.807) is 24.3 Å². The normalized spacial score (nSPS) is 29.5. The van der Waals surface area contributed by atoms with Gasteiger partial charge in [0.15, 0.2) is 0 Å². The molecule has 7 heteroatoms. The van der Waals surface area contributed by atoms with E-state index in [0.717, 1.165) is 16.5 Å². The number of carbonyl (C=O) groups excluding carboxylic acids is 1. The summed E-state index contributed by atoms with van der Waals surface area (Å²) in [6.45, 7) is 2.39. The van der Waals surface area contributed by atoms with Gasteiger partial charge >= 0.3 is 0 Å². The van der Waals surface area contributed by atoms with Crippen LogP contribution in [0.5, 0.6) is 0 Å². The van der Waals surface area contributed by atoms with Crippen molar-refractivity contribution in [1.29, 1.82) is 0 Å². The highest BCUT2D eigenvalue weighted by Gasteiger charge is 2.59. The first-order valence-corrected chi connectivity index (χ1v) is 7.76. The molecular formula is C14H16BrF2N3O. The third-order valence-corrected chi connectivity index (χ3v) is 4.95.